The fourth-order valence-electron chi connectivity index (χ4n) is 2.28. The molecule has 21 heavy (non-hydrogen) atoms. The minimum atomic E-state index is -0.176. The second kappa shape index (κ2) is 5.60. The van der Waals surface area contributed by atoms with Crippen LogP contribution in [0.1, 0.15) is 47.3 Å². The molecule has 0 bridgehead atoms. The molecule has 0 unspecified atom stereocenters. The summed E-state index contributed by atoms with van der Waals surface area (Å²) in [6.07, 6.45) is 0. The summed E-state index contributed by atoms with van der Waals surface area (Å²) in [6, 6.07) is 7.56. The van der Waals surface area contributed by atoms with Crippen molar-refractivity contribution < 1.29 is 4.79 Å². The molecular weight excluding hydrogens is 280 g/mol. The molecule has 4 heteroatoms. The highest BCUT2D eigenvalue weighted by Crippen LogP contribution is 2.27. The van der Waals surface area contributed by atoms with E-state index >= 15 is 0 Å². The maximum Gasteiger partial charge on any atom is 0.279 e. The summed E-state index contributed by atoms with van der Waals surface area (Å²) >= 11 is 1.60. The summed E-state index contributed by atoms with van der Waals surface area (Å²) in [7, 11) is 1.96. The van der Waals surface area contributed by atoms with Gasteiger partial charge >= 0.3 is 0 Å². The molecule has 0 spiro atoms. The number of amides is 1. The number of thiazole rings is 1. The molecule has 0 atom stereocenters. The lowest BCUT2D eigenvalue weighted by molar-refractivity contribution is 0.0997. The van der Waals surface area contributed by atoms with Crippen molar-refractivity contribution in [2.45, 2.75) is 40.0 Å². The van der Waals surface area contributed by atoms with Crippen LogP contribution in [-0.2, 0) is 12.5 Å². The lowest BCUT2D eigenvalue weighted by Crippen LogP contribution is -2.15. The van der Waals surface area contributed by atoms with Crippen LogP contribution in [0.3, 0.4) is 0 Å². The lowest BCUT2D eigenvalue weighted by atomic mass is 9.93. The van der Waals surface area contributed by atoms with Crippen molar-refractivity contribution in [2.24, 2.45) is 12.0 Å². The van der Waals surface area contributed by atoms with E-state index in [1.807, 2.05) is 42.8 Å². The van der Waals surface area contributed by atoms with Gasteiger partial charge in [-0.2, -0.15) is 4.99 Å². The highest BCUT2D eigenvalue weighted by molar-refractivity contribution is 7.09. The molecule has 1 aromatic carbocycles. The summed E-state index contributed by atoms with van der Waals surface area (Å²) in [4.78, 5) is 18.7. The summed E-state index contributed by atoms with van der Waals surface area (Å²) in [5.41, 5.74) is 2.86. The van der Waals surface area contributed by atoms with E-state index in [2.05, 4.69) is 32.7 Å². The van der Waals surface area contributed by atoms with E-state index in [0.29, 0.717) is 5.56 Å². The number of rotatable bonds is 1. The maximum atomic E-state index is 12.4. The molecule has 1 aromatic heterocycles. The number of hydrogen-bond acceptors (Lipinski definition) is 2. The van der Waals surface area contributed by atoms with E-state index in [0.717, 1.165) is 10.4 Å². The predicted molar refractivity (Wildman–Crippen MR) is 87.8 cm³/mol. The Kier molecular flexibility index (Phi) is 4.19. The molecule has 0 aliphatic heterocycles. The van der Waals surface area contributed by atoms with E-state index < -0.39 is 0 Å². The SMILES string of the molecule is Cc1ccccc1C(=O)/N=c1\sc(C(C)(C)C)c(C)n1C. The molecule has 1 heterocycles. The average molecular weight is 302 g/mol. The van der Waals surface area contributed by atoms with E-state index in [4.69, 9.17) is 0 Å². The number of benzene rings is 1. The van der Waals surface area contributed by atoms with E-state index in [1.165, 1.54) is 10.6 Å². The van der Waals surface area contributed by atoms with Gasteiger partial charge in [0, 0.05) is 23.2 Å². The van der Waals surface area contributed by atoms with Gasteiger partial charge in [-0.05, 0) is 30.9 Å². The largest absolute Gasteiger partial charge is 0.324 e. The quantitative estimate of drug-likeness (QED) is 0.790. The molecular formula is C17H22N2OS. The number of carbonyl (C=O) groups is 1. The van der Waals surface area contributed by atoms with Gasteiger partial charge in [-0.25, -0.2) is 0 Å². The van der Waals surface area contributed by atoms with Gasteiger partial charge in [-0.3, -0.25) is 4.79 Å². The molecule has 2 aromatic rings. The number of nitrogens with zero attached hydrogens (tertiary/aromatic N) is 2. The topological polar surface area (TPSA) is 34.4 Å². The molecule has 0 aliphatic carbocycles. The molecule has 0 saturated heterocycles. The number of aryl methyl sites for hydroxylation is 1. The van der Waals surface area contributed by atoms with Crippen LogP contribution in [0, 0.1) is 13.8 Å². The van der Waals surface area contributed by atoms with Crippen LogP contribution >= 0.6 is 11.3 Å². The summed E-state index contributed by atoms with van der Waals surface area (Å²) in [6.45, 7) is 10.5. The Balaban J connectivity index is 2.53. The summed E-state index contributed by atoms with van der Waals surface area (Å²) < 4.78 is 2.00. The van der Waals surface area contributed by atoms with E-state index in [9.17, 15) is 4.79 Å². The third-order valence-corrected chi connectivity index (χ3v) is 5.23. The Morgan fingerprint density at radius 3 is 2.33 bits per heavy atom. The van der Waals surface area contributed by atoms with Gasteiger partial charge in [0.15, 0.2) is 4.80 Å². The first-order valence-electron chi connectivity index (χ1n) is 7.03. The average Bonchev–Trinajstić information content (AvgIpc) is 2.67. The Labute approximate surface area is 130 Å². The van der Waals surface area contributed by atoms with Gasteiger partial charge in [0.1, 0.15) is 0 Å². The van der Waals surface area contributed by atoms with Crippen LogP contribution < -0.4 is 4.80 Å². The molecule has 3 nitrogen and oxygen atoms in total. The van der Waals surface area contributed by atoms with E-state index in [1.54, 1.807) is 11.3 Å². The van der Waals surface area contributed by atoms with Crippen molar-refractivity contribution in [3.8, 4) is 0 Å². The van der Waals surface area contributed by atoms with Crippen LogP contribution in [0.25, 0.3) is 0 Å². The molecule has 0 radical (unpaired) electrons. The zero-order chi connectivity index (χ0) is 15.8. The minimum Gasteiger partial charge on any atom is -0.324 e. The fourth-order valence-corrected chi connectivity index (χ4v) is 3.46. The van der Waals surface area contributed by atoms with Crippen LogP contribution in [0.2, 0.25) is 0 Å². The van der Waals surface area contributed by atoms with Gasteiger partial charge in [-0.1, -0.05) is 39.0 Å². The van der Waals surface area contributed by atoms with Crippen molar-refractivity contribution in [3.63, 3.8) is 0 Å². The molecule has 0 N–H and O–H groups in total. The van der Waals surface area contributed by atoms with Crippen LogP contribution in [0.5, 0.6) is 0 Å². The highest BCUT2D eigenvalue weighted by Gasteiger charge is 2.21. The Morgan fingerprint density at radius 1 is 1.19 bits per heavy atom. The monoisotopic (exact) mass is 302 g/mol. The molecule has 112 valence electrons. The Bertz CT molecular complexity index is 745. The molecule has 0 fully saturated rings. The standard InChI is InChI=1S/C17H22N2OS/c1-11-9-7-8-10-13(11)15(20)18-16-19(6)12(2)14(21-16)17(3,4)5/h7-10H,1-6H3/b18-16-. The first kappa shape index (κ1) is 15.7. The molecule has 2 rings (SSSR count). The highest BCUT2D eigenvalue weighted by atomic mass is 32.1. The number of carbonyl (C=O) groups excluding carboxylic acids is 1. The van der Waals surface area contributed by atoms with Gasteiger partial charge in [-0.15, -0.1) is 11.3 Å². The molecule has 0 aliphatic rings. The van der Waals surface area contributed by atoms with Crippen molar-refractivity contribution in [2.75, 3.05) is 0 Å². The van der Waals surface area contributed by atoms with Gasteiger partial charge in [0.05, 0.1) is 0 Å². The predicted octanol–water partition coefficient (Wildman–Crippen LogP) is 3.74. The summed E-state index contributed by atoms with van der Waals surface area (Å²) in [5.74, 6) is -0.176. The molecule has 0 saturated carbocycles. The Hall–Kier alpha value is -1.68. The first-order valence-corrected chi connectivity index (χ1v) is 7.85. The normalized spacial score (nSPS) is 12.8. The zero-order valence-electron chi connectivity index (χ0n) is 13.5. The van der Waals surface area contributed by atoms with Crippen molar-refractivity contribution >= 4 is 17.2 Å². The van der Waals surface area contributed by atoms with Crippen molar-refractivity contribution in [1.29, 1.82) is 0 Å². The van der Waals surface area contributed by atoms with Gasteiger partial charge < -0.3 is 4.57 Å². The lowest BCUT2D eigenvalue weighted by Gasteiger charge is -2.17. The van der Waals surface area contributed by atoms with Gasteiger partial charge in [0.2, 0.25) is 0 Å². The third-order valence-electron chi connectivity index (χ3n) is 3.57. The second-order valence-electron chi connectivity index (χ2n) is 6.34. The smallest absolute Gasteiger partial charge is 0.279 e. The third kappa shape index (κ3) is 3.16. The second-order valence-corrected chi connectivity index (χ2v) is 7.32. The van der Waals surface area contributed by atoms with Crippen LogP contribution in [-0.4, -0.2) is 10.5 Å². The fraction of sp³-hybridized carbons (Fsp3) is 0.412. The first-order chi connectivity index (χ1) is 9.71. The van der Waals surface area contributed by atoms with E-state index in [-0.39, 0.29) is 11.3 Å². The molecule has 1 amide bonds. The maximum absolute atomic E-state index is 12.4. The van der Waals surface area contributed by atoms with Gasteiger partial charge in [0.25, 0.3) is 5.91 Å². The van der Waals surface area contributed by atoms with Crippen molar-refractivity contribution in [1.82, 2.24) is 4.57 Å². The van der Waals surface area contributed by atoms with Crippen LogP contribution in [0.4, 0.5) is 0 Å². The van der Waals surface area contributed by atoms with Crippen molar-refractivity contribution in [3.05, 3.63) is 50.8 Å². The minimum absolute atomic E-state index is 0.0615. The van der Waals surface area contributed by atoms with Crippen LogP contribution in [0.15, 0.2) is 29.3 Å². The number of hydrogen-bond donors (Lipinski definition) is 0. The zero-order valence-corrected chi connectivity index (χ0v) is 14.3. The summed E-state index contributed by atoms with van der Waals surface area (Å²) in [5, 5.41) is 0. The Morgan fingerprint density at radius 2 is 1.81 bits per heavy atom. The number of aromatic nitrogens is 1.